The van der Waals surface area contributed by atoms with Gasteiger partial charge in [-0.25, -0.2) is 0 Å². The van der Waals surface area contributed by atoms with Crippen molar-refractivity contribution in [3.8, 4) is 0 Å². The number of hydrogen-bond acceptors (Lipinski definition) is 2. The van der Waals surface area contributed by atoms with Crippen molar-refractivity contribution < 1.29 is 4.79 Å². The number of amides is 1. The minimum absolute atomic E-state index is 0.169. The molecule has 4 aliphatic carbocycles. The second kappa shape index (κ2) is 5.57. The van der Waals surface area contributed by atoms with Crippen molar-refractivity contribution in [2.24, 2.45) is 23.7 Å². The van der Waals surface area contributed by atoms with Gasteiger partial charge in [0.1, 0.15) is 0 Å². The number of carbonyl (C=O) groups excluding carboxylic acids is 1. The molecule has 3 nitrogen and oxygen atoms in total. The smallest absolute Gasteiger partial charge is 0.237 e. The second-order valence-electron chi connectivity index (χ2n) is 8.16. The predicted molar refractivity (Wildman–Crippen MR) is 83.9 cm³/mol. The molecule has 5 rings (SSSR count). The molecule has 118 valence electrons. The van der Waals surface area contributed by atoms with E-state index in [1.54, 1.807) is 0 Å². The number of carbonyl (C=O) groups is 1. The van der Waals surface area contributed by atoms with Crippen molar-refractivity contribution in [1.29, 1.82) is 0 Å². The van der Waals surface area contributed by atoms with Gasteiger partial charge in [0.2, 0.25) is 5.91 Å². The Balaban J connectivity index is 1.40. The minimum Gasteiger partial charge on any atom is -0.351 e. The zero-order valence-corrected chi connectivity index (χ0v) is 13.4. The molecule has 4 bridgehead atoms. The summed E-state index contributed by atoms with van der Waals surface area (Å²) in [4.78, 5) is 15.2. The average molecular weight is 290 g/mol. The standard InChI is InChI=1S/C18H30N2O/c1-2-5-20-6-3-4-16(20)18(21)19-17-14-8-12-7-13(10-14)11-15(17)9-12/h12-17H,2-11H2,1H3,(H,19,21). The number of likely N-dealkylation sites (tertiary alicyclic amines) is 1. The van der Waals surface area contributed by atoms with Crippen molar-refractivity contribution in [1.82, 2.24) is 10.2 Å². The molecule has 0 radical (unpaired) electrons. The summed E-state index contributed by atoms with van der Waals surface area (Å²) < 4.78 is 0. The first kappa shape index (κ1) is 14.0. The highest BCUT2D eigenvalue weighted by Gasteiger charge is 2.49. The van der Waals surface area contributed by atoms with E-state index in [4.69, 9.17) is 0 Å². The zero-order valence-electron chi connectivity index (χ0n) is 13.4. The van der Waals surface area contributed by atoms with Crippen molar-refractivity contribution in [3.05, 3.63) is 0 Å². The van der Waals surface area contributed by atoms with Crippen LogP contribution >= 0.6 is 0 Å². The van der Waals surface area contributed by atoms with E-state index in [9.17, 15) is 4.79 Å². The van der Waals surface area contributed by atoms with Gasteiger partial charge in [0, 0.05) is 6.04 Å². The van der Waals surface area contributed by atoms with E-state index in [0.29, 0.717) is 11.9 Å². The van der Waals surface area contributed by atoms with Crippen LogP contribution in [0.2, 0.25) is 0 Å². The normalized spacial score (nSPS) is 45.2. The molecule has 1 unspecified atom stereocenters. The molecule has 5 aliphatic rings. The molecule has 3 heteroatoms. The van der Waals surface area contributed by atoms with Gasteiger partial charge in [-0.05, 0) is 88.1 Å². The van der Waals surface area contributed by atoms with Gasteiger partial charge in [0.15, 0.2) is 0 Å². The molecule has 1 amide bonds. The van der Waals surface area contributed by atoms with E-state index in [0.717, 1.165) is 49.6 Å². The third-order valence-electron chi connectivity index (χ3n) is 6.71. The van der Waals surface area contributed by atoms with E-state index in [1.165, 1.54) is 38.5 Å². The summed E-state index contributed by atoms with van der Waals surface area (Å²) in [5.74, 6) is 3.92. The van der Waals surface area contributed by atoms with Crippen molar-refractivity contribution in [2.45, 2.75) is 70.4 Å². The third kappa shape index (κ3) is 2.52. The van der Waals surface area contributed by atoms with Crippen LogP contribution in [0.3, 0.4) is 0 Å². The van der Waals surface area contributed by atoms with E-state index < -0.39 is 0 Å². The van der Waals surface area contributed by atoms with Gasteiger partial charge in [0.25, 0.3) is 0 Å². The van der Waals surface area contributed by atoms with Crippen LogP contribution in [0, 0.1) is 23.7 Å². The maximum atomic E-state index is 12.8. The summed E-state index contributed by atoms with van der Waals surface area (Å²) in [6, 6.07) is 0.677. The van der Waals surface area contributed by atoms with Crippen molar-refractivity contribution >= 4 is 5.91 Å². The highest BCUT2D eigenvalue weighted by atomic mass is 16.2. The fraction of sp³-hybridized carbons (Fsp3) is 0.944. The van der Waals surface area contributed by atoms with Crippen LogP contribution in [0.1, 0.15) is 58.3 Å². The Morgan fingerprint density at radius 1 is 1.10 bits per heavy atom. The molecular formula is C18H30N2O. The highest BCUT2D eigenvalue weighted by Crippen LogP contribution is 2.53. The summed E-state index contributed by atoms with van der Waals surface area (Å²) >= 11 is 0. The van der Waals surface area contributed by atoms with Crippen LogP contribution in [-0.4, -0.2) is 36.0 Å². The molecule has 4 saturated carbocycles. The lowest BCUT2D eigenvalue weighted by molar-refractivity contribution is -0.129. The lowest BCUT2D eigenvalue weighted by Crippen LogP contribution is -2.58. The van der Waals surface area contributed by atoms with Gasteiger partial charge >= 0.3 is 0 Å². The Labute approximate surface area is 128 Å². The van der Waals surface area contributed by atoms with Crippen LogP contribution < -0.4 is 5.32 Å². The summed E-state index contributed by atoms with van der Waals surface area (Å²) in [5.41, 5.74) is 0. The quantitative estimate of drug-likeness (QED) is 0.863. The van der Waals surface area contributed by atoms with E-state index in [1.807, 2.05) is 0 Å². The average Bonchev–Trinajstić information content (AvgIpc) is 2.90. The SMILES string of the molecule is CCCN1CCCC1C(=O)NC1C2CC3CC(C2)CC1C3. The summed E-state index contributed by atoms with van der Waals surface area (Å²) in [6.07, 6.45) is 10.5. The maximum Gasteiger partial charge on any atom is 0.237 e. The molecule has 1 atom stereocenters. The molecule has 0 aromatic carbocycles. The van der Waals surface area contributed by atoms with Gasteiger partial charge in [-0.2, -0.15) is 0 Å². The Morgan fingerprint density at radius 2 is 1.76 bits per heavy atom. The van der Waals surface area contributed by atoms with E-state index >= 15 is 0 Å². The Kier molecular flexibility index (Phi) is 3.72. The summed E-state index contributed by atoms with van der Waals surface area (Å²) in [5, 5.41) is 3.51. The van der Waals surface area contributed by atoms with Gasteiger partial charge < -0.3 is 5.32 Å². The lowest BCUT2D eigenvalue weighted by atomic mass is 9.54. The molecule has 1 aliphatic heterocycles. The summed E-state index contributed by atoms with van der Waals surface area (Å²) in [6.45, 7) is 4.42. The van der Waals surface area contributed by atoms with Crippen molar-refractivity contribution in [2.75, 3.05) is 13.1 Å². The van der Waals surface area contributed by atoms with Gasteiger partial charge in [-0.1, -0.05) is 6.92 Å². The van der Waals surface area contributed by atoms with Gasteiger partial charge in [0.05, 0.1) is 6.04 Å². The molecule has 0 spiro atoms. The van der Waals surface area contributed by atoms with Gasteiger partial charge in [-0.3, -0.25) is 9.69 Å². The second-order valence-corrected chi connectivity index (χ2v) is 8.16. The zero-order chi connectivity index (χ0) is 14.4. The molecular weight excluding hydrogens is 260 g/mol. The molecule has 1 N–H and O–H groups in total. The largest absolute Gasteiger partial charge is 0.351 e. The molecule has 0 aromatic rings. The van der Waals surface area contributed by atoms with Crippen LogP contribution in [0.5, 0.6) is 0 Å². The lowest BCUT2D eigenvalue weighted by Gasteiger charge is -2.54. The van der Waals surface area contributed by atoms with Crippen molar-refractivity contribution in [3.63, 3.8) is 0 Å². The Morgan fingerprint density at radius 3 is 2.38 bits per heavy atom. The van der Waals surface area contributed by atoms with Gasteiger partial charge in [-0.15, -0.1) is 0 Å². The first-order valence-electron chi connectivity index (χ1n) is 9.29. The highest BCUT2D eigenvalue weighted by molar-refractivity contribution is 5.82. The first-order chi connectivity index (χ1) is 10.2. The van der Waals surface area contributed by atoms with E-state index in [-0.39, 0.29) is 6.04 Å². The Hall–Kier alpha value is -0.570. The predicted octanol–water partition coefficient (Wildman–Crippen LogP) is 2.80. The van der Waals surface area contributed by atoms with Crippen LogP contribution in [0.25, 0.3) is 0 Å². The molecule has 0 aromatic heterocycles. The summed E-state index contributed by atoms with van der Waals surface area (Å²) in [7, 11) is 0. The van der Waals surface area contributed by atoms with E-state index in [2.05, 4.69) is 17.1 Å². The number of hydrogen-bond donors (Lipinski definition) is 1. The first-order valence-corrected chi connectivity index (χ1v) is 9.29. The fourth-order valence-electron chi connectivity index (χ4n) is 6.10. The number of rotatable bonds is 4. The molecule has 1 heterocycles. The van der Waals surface area contributed by atoms with Crippen LogP contribution in [-0.2, 0) is 4.79 Å². The van der Waals surface area contributed by atoms with Crippen LogP contribution in [0.4, 0.5) is 0 Å². The molecule has 21 heavy (non-hydrogen) atoms. The minimum atomic E-state index is 0.169. The molecule has 5 fully saturated rings. The van der Waals surface area contributed by atoms with Crippen LogP contribution in [0.15, 0.2) is 0 Å². The third-order valence-corrected chi connectivity index (χ3v) is 6.71. The fourth-order valence-corrected chi connectivity index (χ4v) is 6.10. The Bertz CT molecular complexity index is 380. The maximum absolute atomic E-state index is 12.8. The topological polar surface area (TPSA) is 32.3 Å². The number of nitrogens with zero attached hydrogens (tertiary/aromatic N) is 1. The monoisotopic (exact) mass is 290 g/mol. The molecule has 1 saturated heterocycles. The number of nitrogens with one attached hydrogen (secondary N) is 1.